The van der Waals surface area contributed by atoms with Gasteiger partial charge in [0.25, 0.3) is 0 Å². The van der Waals surface area contributed by atoms with Crippen LogP contribution in [0, 0.1) is 0 Å². The van der Waals surface area contributed by atoms with Gasteiger partial charge in [0.05, 0.1) is 23.9 Å². The van der Waals surface area contributed by atoms with Gasteiger partial charge in [0.15, 0.2) is 17.9 Å². The Labute approximate surface area is 194 Å². The quantitative estimate of drug-likeness (QED) is 0.512. The van der Waals surface area contributed by atoms with Crippen LogP contribution in [-0.4, -0.2) is 55.8 Å². The molecule has 0 spiro atoms. The number of benzene rings is 1. The van der Waals surface area contributed by atoms with Crippen molar-refractivity contribution in [1.29, 1.82) is 0 Å². The number of hydrogen-bond acceptors (Lipinski definition) is 7. The van der Waals surface area contributed by atoms with Crippen molar-refractivity contribution in [3.05, 3.63) is 42.6 Å². The average Bonchev–Trinajstić information content (AvgIpc) is 2.86. The van der Waals surface area contributed by atoms with Gasteiger partial charge in [0.1, 0.15) is 19.0 Å². The zero-order valence-corrected chi connectivity index (χ0v) is 19.3. The number of aromatic nitrogens is 2. The molecule has 1 aromatic carbocycles. The fourth-order valence-corrected chi connectivity index (χ4v) is 4.20. The zero-order chi connectivity index (χ0) is 22.6. The Hall–Kier alpha value is -2.90. The van der Waals surface area contributed by atoms with Crippen LogP contribution < -0.4 is 14.4 Å². The van der Waals surface area contributed by atoms with Gasteiger partial charge < -0.3 is 23.8 Å². The molecule has 2 atom stereocenters. The molecular weight excluding hydrogens is 418 g/mol. The van der Waals surface area contributed by atoms with E-state index >= 15 is 0 Å². The lowest BCUT2D eigenvalue weighted by Gasteiger charge is -2.27. The molecule has 33 heavy (non-hydrogen) atoms. The van der Waals surface area contributed by atoms with E-state index in [0.29, 0.717) is 13.2 Å². The molecule has 1 saturated heterocycles. The predicted molar refractivity (Wildman–Crippen MR) is 128 cm³/mol. The Morgan fingerprint density at radius 2 is 2.09 bits per heavy atom. The van der Waals surface area contributed by atoms with Crippen molar-refractivity contribution < 1.29 is 18.9 Å². The minimum Gasteiger partial charge on any atom is -0.491 e. The van der Waals surface area contributed by atoms with Crippen molar-refractivity contribution in [2.75, 3.05) is 38.3 Å². The van der Waals surface area contributed by atoms with Gasteiger partial charge in [-0.15, -0.1) is 0 Å². The van der Waals surface area contributed by atoms with Crippen molar-refractivity contribution in [3.8, 4) is 22.8 Å². The van der Waals surface area contributed by atoms with Gasteiger partial charge in [-0.3, -0.25) is 0 Å². The summed E-state index contributed by atoms with van der Waals surface area (Å²) in [7, 11) is 2.03. The van der Waals surface area contributed by atoms with Gasteiger partial charge in [0, 0.05) is 30.8 Å². The van der Waals surface area contributed by atoms with Crippen LogP contribution in [0.25, 0.3) is 22.2 Å². The Kier molecular flexibility index (Phi) is 6.60. The molecule has 0 amide bonds. The lowest BCUT2D eigenvalue weighted by Crippen LogP contribution is -2.31. The van der Waals surface area contributed by atoms with E-state index in [1.165, 1.54) is 0 Å². The Bertz CT molecular complexity index is 1100. The third-order valence-corrected chi connectivity index (χ3v) is 6.21. The van der Waals surface area contributed by atoms with Crippen LogP contribution in [0.15, 0.2) is 42.6 Å². The van der Waals surface area contributed by atoms with Crippen LogP contribution in [0.4, 0.5) is 5.82 Å². The molecule has 0 saturated carbocycles. The van der Waals surface area contributed by atoms with E-state index < -0.39 is 0 Å². The van der Waals surface area contributed by atoms with Gasteiger partial charge >= 0.3 is 0 Å². The van der Waals surface area contributed by atoms with Crippen LogP contribution >= 0.6 is 0 Å². The molecule has 0 bridgehead atoms. The maximum absolute atomic E-state index is 6.08. The monoisotopic (exact) mass is 449 g/mol. The highest BCUT2D eigenvalue weighted by molar-refractivity contribution is 5.83. The lowest BCUT2D eigenvalue weighted by atomic mass is 10.1. The molecule has 2 unspecified atom stereocenters. The number of ether oxygens (including phenoxy) is 4. The lowest BCUT2D eigenvalue weighted by molar-refractivity contribution is -0.193. The fourth-order valence-electron chi connectivity index (χ4n) is 4.20. The number of rotatable bonds is 7. The molecule has 174 valence electrons. The van der Waals surface area contributed by atoms with E-state index in [4.69, 9.17) is 23.9 Å². The summed E-state index contributed by atoms with van der Waals surface area (Å²) in [5, 5.41) is 1.03. The molecule has 0 aliphatic carbocycles. The molecule has 7 nitrogen and oxygen atoms in total. The largest absolute Gasteiger partial charge is 0.491 e. The van der Waals surface area contributed by atoms with Gasteiger partial charge in [-0.1, -0.05) is 13.0 Å². The third kappa shape index (κ3) is 5.04. The normalized spacial score (nSPS) is 19.1. The van der Waals surface area contributed by atoms with E-state index in [-0.39, 0.29) is 12.4 Å². The summed E-state index contributed by atoms with van der Waals surface area (Å²) in [4.78, 5) is 11.5. The molecule has 2 aliphatic heterocycles. The predicted octanol–water partition coefficient (Wildman–Crippen LogP) is 4.83. The topological polar surface area (TPSA) is 65.9 Å². The standard InChI is InChI=1S/C26H31N3O4/c1-3-20(33-25-6-4-5-12-31-25)17-32-21-8-10-22-18(14-21)7-9-23(28-22)19-15-24-26(27-16-19)29(2)11-13-30-24/h7-10,14-16,20,25H,3-6,11-13,17H2,1-2H3. The molecule has 3 aromatic rings. The summed E-state index contributed by atoms with van der Waals surface area (Å²) in [6, 6.07) is 12.1. The van der Waals surface area contributed by atoms with Gasteiger partial charge in [0.2, 0.25) is 0 Å². The van der Waals surface area contributed by atoms with Gasteiger partial charge in [-0.25, -0.2) is 9.97 Å². The first-order valence-corrected chi connectivity index (χ1v) is 11.8. The van der Waals surface area contributed by atoms with Crippen LogP contribution in [-0.2, 0) is 9.47 Å². The van der Waals surface area contributed by atoms with Crippen LogP contribution in [0.3, 0.4) is 0 Å². The number of anilines is 1. The van der Waals surface area contributed by atoms with Crippen molar-refractivity contribution in [2.45, 2.75) is 45.0 Å². The average molecular weight is 450 g/mol. The fraction of sp³-hybridized carbons (Fsp3) is 0.462. The van der Waals surface area contributed by atoms with Crippen LogP contribution in [0.5, 0.6) is 11.5 Å². The van der Waals surface area contributed by atoms with E-state index in [1.54, 1.807) is 0 Å². The molecule has 7 heteroatoms. The maximum Gasteiger partial charge on any atom is 0.171 e. The molecule has 2 aliphatic rings. The number of fused-ring (bicyclic) bond motifs is 2. The van der Waals surface area contributed by atoms with Crippen molar-refractivity contribution >= 4 is 16.7 Å². The number of hydrogen-bond donors (Lipinski definition) is 0. The van der Waals surface area contributed by atoms with Crippen molar-refractivity contribution in [2.24, 2.45) is 0 Å². The molecular formula is C26H31N3O4. The smallest absolute Gasteiger partial charge is 0.171 e. The zero-order valence-electron chi connectivity index (χ0n) is 19.3. The van der Waals surface area contributed by atoms with E-state index in [2.05, 4.69) is 22.9 Å². The SMILES string of the molecule is CCC(COc1ccc2nc(-c3cnc4c(c3)OCCN4C)ccc2c1)OC1CCCCO1. The summed E-state index contributed by atoms with van der Waals surface area (Å²) < 4.78 is 23.6. The minimum atomic E-state index is -0.101. The van der Waals surface area contributed by atoms with E-state index in [1.807, 2.05) is 43.6 Å². The summed E-state index contributed by atoms with van der Waals surface area (Å²) in [5.41, 5.74) is 2.73. The molecule has 5 rings (SSSR count). The molecule has 0 radical (unpaired) electrons. The summed E-state index contributed by atoms with van der Waals surface area (Å²) in [6.07, 6.45) is 5.89. The Balaban J connectivity index is 1.27. The highest BCUT2D eigenvalue weighted by Crippen LogP contribution is 2.33. The number of likely N-dealkylation sites (N-methyl/N-ethyl adjacent to an activating group) is 1. The first kappa shape index (κ1) is 21.9. The maximum atomic E-state index is 6.08. The van der Waals surface area contributed by atoms with Crippen LogP contribution in [0.1, 0.15) is 32.6 Å². The third-order valence-electron chi connectivity index (χ3n) is 6.21. The molecule has 1 fully saturated rings. The highest BCUT2D eigenvalue weighted by Gasteiger charge is 2.20. The summed E-state index contributed by atoms with van der Waals surface area (Å²) >= 11 is 0. The van der Waals surface area contributed by atoms with Crippen molar-refractivity contribution in [3.63, 3.8) is 0 Å². The molecule has 4 heterocycles. The Morgan fingerprint density at radius 1 is 1.15 bits per heavy atom. The van der Waals surface area contributed by atoms with E-state index in [0.717, 1.165) is 78.3 Å². The summed E-state index contributed by atoms with van der Waals surface area (Å²) in [5.74, 6) is 2.49. The van der Waals surface area contributed by atoms with Crippen molar-refractivity contribution in [1.82, 2.24) is 9.97 Å². The first-order valence-electron chi connectivity index (χ1n) is 11.8. The minimum absolute atomic E-state index is 0.0158. The highest BCUT2D eigenvalue weighted by atomic mass is 16.7. The van der Waals surface area contributed by atoms with Crippen LogP contribution in [0.2, 0.25) is 0 Å². The molecule has 2 aromatic heterocycles. The Morgan fingerprint density at radius 3 is 2.94 bits per heavy atom. The second kappa shape index (κ2) is 9.93. The number of pyridine rings is 2. The number of nitrogens with zero attached hydrogens (tertiary/aromatic N) is 3. The first-order chi connectivity index (χ1) is 16.2. The second-order valence-corrected chi connectivity index (χ2v) is 8.64. The second-order valence-electron chi connectivity index (χ2n) is 8.64. The molecule has 0 N–H and O–H groups in total. The van der Waals surface area contributed by atoms with Gasteiger partial charge in [-0.05, 0) is 56.0 Å². The van der Waals surface area contributed by atoms with Gasteiger partial charge in [-0.2, -0.15) is 0 Å². The van der Waals surface area contributed by atoms with E-state index in [9.17, 15) is 0 Å². The summed E-state index contributed by atoms with van der Waals surface area (Å²) in [6.45, 7) is 4.91.